The van der Waals surface area contributed by atoms with Crippen molar-refractivity contribution in [2.24, 2.45) is 0 Å². The van der Waals surface area contributed by atoms with E-state index in [2.05, 4.69) is 15.0 Å². The molecular weight excluding hydrogens is 320 g/mol. The maximum absolute atomic E-state index is 13.5. The number of benzene rings is 2. The maximum atomic E-state index is 13.5. The normalized spacial score (nSPS) is 11.0. The lowest BCUT2D eigenvalue weighted by molar-refractivity contribution is 0.509. The summed E-state index contributed by atoms with van der Waals surface area (Å²) in [6.45, 7) is 1.90. The highest BCUT2D eigenvalue weighted by Crippen LogP contribution is 2.27. The summed E-state index contributed by atoms with van der Waals surface area (Å²) in [6.07, 6.45) is 3.42. The first-order valence-electron chi connectivity index (χ1n) is 7.76. The van der Waals surface area contributed by atoms with Gasteiger partial charge in [-0.05, 0) is 54.4 Å². The van der Waals surface area contributed by atoms with Crippen LogP contribution >= 0.6 is 0 Å². The van der Waals surface area contributed by atoms with Crippen LogP contribution in [-0.4, -0.2) is 15.0 Å². The molecule has 25 heavy (non-hydrogen) atoms. The van der Waals surface area contributed by atoms with Crippen molar-refractivity contribution in [3.63, 3.8) is 0 Å². The highest BCUT2D eigenvalue weighted by Gasteiger charge is 2.10. The van der Waals surface area contributed by atoms with Crippen LogP contribution in [0.2, 0.25) is 0 Å². The summed E-state index contributed by atoms with van der Waals surface area (Å²) in [4.78, 5) is 13.2. The molecule has 4 aromatic rings. The van der Waals surface area contributed by atoms with Crippen LogP contribution in [0.25, 0.3) is 33.4 Å². The van der Waals surface area contributed by atoms with Crippen LogP contribution in [0.15, 0.2) is 60.9 Å². The number of hydrogen-bond acceptors (Lipinski definition) is 3. The van der Waals surface area contributed by atoms with Crippen molar-refractivity contribution in [1.29, 1.82) is 0 Å². The first kappa shape index (κ1) is 15.3. The number of halogens is 2. The minimum atomic E-state index is -0.863. The molecule has 3 nitrogen and oxygen atoms in total. The minimum Gasteiger partial charge on any atom is -0.264 e. The standard InChI is InChI=1S/C20H13F2N3/c1-12-16-9-13(14-4-6-17(21)18(22)10-14)5-7-19(16)25-20(24-12)15-3-2-8-23-11-15/h2-11H,1H3. The second kappa shape index (κ2) is 6.02. The van der Waals surface area contributed by atoms with Gasteiger partial charge in [-0.2, -0.15) is 0 Å². The fraction of sp³-hybridized carbons (Fsp3) is 0.0500. The lowest BCUT2D eigenvalue weighted by Gasteiger charge is -2.08. The third-order valence-electron chi connectivity index (χ3n) is 4.06. The molecule has 0 fully saturated rings. The Morgan fingerprint density at radius 1 is 0.800 bits per heavy atom. The summed E-state index contributed by atoms with van der Waals surface area (Å²) in [6, 6.07) is 13.2. The van der Waals surface area contributed by atoms with Crippen LogP contribution in [0, 0.1) is 18.6 Å². The van der Waals surface area contributed by atoms with Crippen molar-refractivity contribution in [2.45, 2.75) is 6.92 Å². The van der Waals surface area contributed by atoms with Crippen molar-refractivity contribution in [1.82, 2.24) is 15.0 Å². The molecule has 4 rings (SSSR count). The largest absolute Gasteiger partial charge is 0.264 e. The van der Waals surface area contributed by atoms with Crippen LogP contribution in [0.5, 0.6) is 0 Å². The van der Waals surface area contributed by atoms with E-state index in [9.17, 15) is 8.78 Å². The quantitative estimate of drug-likeness (QED) is 0.521. The molecule has 0 spiro atoms. The molecule has 0 saturated carbocycles. The first-order valence-corrected chi connectivity index (χ1v) is 7.76. The van der Waals surface area contributed by atoms with Gasteiger partial charge in [0.15, 0.2) is 17.5 Å². The Bertz CT molecular complexity index is 1080. The highest BCUT2D eigenvalue weighted by molar-refractivity contribution is 5.87. The molecule has 0 amide bonds. The van der Waals surface area contributed by atoms with Crippen molar-refractivity contribution < 1.29 is 8.78 Å². The Morgan fingerprint density at radius 2 is 1.60 bits per heavy atom. The average Bonchev–Trinajstić information content (AvgIpc) is 2.64. The number of nitrogens with zero attached hydrogens (tertiary/aromatic N) is 3. The molecule has 0 unspecified atom stereocenters. The first-order chi connectivity index (χ1) is 12.1. The van der Waals surface area contributed by atoms with Gasteiger partial charge in [-0.3, -0.25) is 4.98 Å². The molecule has 122 valence electrons. The van der Waals surface area contributed by atoms with Gasteiger partial charge in [-0.25, -0.2) is 18.7 Å². The van der Waals surface area contributed by atoms with Gasteiger partial charge in [0.25, 0.3) is 0 Å². The lowest BCUT2D eigenvalue weighted by Crippen LogP contribution is -1.95. The van der Waals surface area contributed by atoms with Gasteiger partial charge < -0.3 is 0 Å². The molecule has 2 aromatic carbocycles. The Hall–Kier alpha value is -3.21. The fourth-order valence-corrected chi connectivity index (χ4v) is 2.76. The molecule has 5 heteroatoms. The average molecular weight is 333 g/mol. The van der Waals surface area contributed by atoms with Crippen LogP contribution in [0.1, 0.15) is 5.69 Å². The van der Waals surface area contributed by atoms with Gasteiger partial charge in [0.2, 0.25) is 0 Å². The molecular formula is C20H13F2N3. The van der Waals surface area contributed by atoms with E-state index in [0.717, 1.165) is 33.8 Å². The Balaban J connectivity index is 1.84. The summed E-state index contributed by atoms with van der Waals surface area (Å²) in [7, 11) is 0. The molecule has 0 aliphatic carbocycles. The Labute approximate surface area is 143 Å². The molecule has 0 aliphatic heterocycles. The molecule has 0 aliphatic rings. The molecule has 2 heterocycles. The lowest BCUT2D eigenvalue weighted by atomic mass is 10.0. The highest BCUT2D eigenvalue weighted by atomic mass is 19.2. The maximum Gasteiger partial charge on any atom is 0.161 e. The molecule has 2 aromatic heterocycles. The molecule has 0 radical (unpaired) electrons. The molecule has 0 saturated heterocycles. The van der Waals surface area contributed by atoms with Crippen LogP contribution in [-0.2, 0) is 0 Å². The number of fused-ring (bicyclic) bond motifs is 1. The van der Waals surface area contributed by atoms with Crippen LogP contribution in [0.3, 0.4) is 0 Å². The number of aromatic nitrogens is 3. The molecule has 0 atom stereocenters. The third-order valence-corrected chi connectivity index (χ3v) is 4.06. The predicted octanol–water partition coefficient (Wildman–Crippen LogP) is 4.95. The summed E-state index contributed by atoms with van der Waals surface area (Å²) in [5.74, 6) is -1.11. The van der Waals surface area contributed by atoms with Gasteiger partial charge in [0.1, 0.15) is 0 Å². The third kappa shape index (κ3) is 2.85. The van der Waals surface area contributed by atoms with Gasteiger partial charge in [0, 0.05) is 29.0 Å². The van der Waals surface area contributed by atoms with Gasteiger partial charge in [-0.1, -0.05) is 12.1 Å². The zero-order valence-electron chi connectivity index (χ0n) is 13.4. The number of rotatable bonds is 2. The zero-order chi connectivity index (χ0) is 17.4. The summed E-state index contributed by atoms with van der Waals surface area (Å²) >= 11 is 0. The fourth-order valence-electron chi connectivity index (χ4n) is 2.76. The smallest absolute Gasteiger partial charge is 0.161 e. The van der Waals surface area contributed by atoms with E-state index >= 15 is 0 Å². The summed E-state index contributed by atoms with van der Waals surface area (Å²) in [5, 5.41) is 0.870. The Kier molecular flexibility index (Phi) is 3.69. The van der Waals surface area contributed by atoms with E-state index in [4.69, 9.17) is 0 Å². The van der Waals surface area contributed by atoms with E-state index < -0.39 is 11.6 Å². The Morgan fingerprint density at radius 3 is 2.36 bits per heavy atom. The predicted molar refractivity (Wildman–Crippen MR) is 92.9 cm³/mol. The minimum absolute atomic E-state index is 0.608. The molecule has 0 bridgehead atoms. The SMILES string of the molecule is Cc1nc(-c2cccnc2)nc2ccc(-c3ccc(F)c(F)c3)cc12. The van der Waals surface area contributed by atoms with Crippen molar-refractivity contribution >= 4 is 10.9 Å². The van der Waals surface area contributed by atoms with Gasteiger partial charge >= 0.3 is 0 Å². The van der Waals surface area contributed by atoms with Crippen molar-refractivity contribution in [2.75, 3.05) is 0 Å². The van der Waals surface area contributed by atoms with Gasteiger partial charge in [0.05, 0.1) is 5.52 Å². The van der Waals surface area contributed by atoms with Crippen LogP contribution in [0.4, 0.5) is 8.78 Å². The summed E-state index contributed by atoms with van der Waals surface area (Å²) < 4.78 is 26.6. The van der Waals surface area contributed by atoms with Crippen molar-refractivity contribution in [3.05, 3.63) is 78.3 Å². The number of pyridine rings is 1. The van der Waals surface area contributed by atoms with E-state index in [-0.39, 0.29) is 0 Å². The second-order valence-corrected chi connectivity index (χ2v) is 5.74. The molecule has 0 N–H and O–H groups in total. The number of aryl methyl sites for hydroxylation is 1. The van der Waals surface area contributed by atoms with Crippen molar-refractivity contribution in [3.8, 4) is 22.5 Å². The van der Waals surface area contributed by atoms with Crippen LogP contribution < -0.4 is 0 Å². The zero-order valence-corrected chi connectivity index (χ0v) is 13.4. The van der Waals surface area contributed by atoms with E-state index in [0.29, 0.717) is 11.4 Å². The van der Waals surface area contributed by atoms with E-state index in [1.807, 2.05) is 37.3 Å². The van der Waals surface area contributed by atoms with E-state index in [1.165, 1.54) is 6.07 Å². The van der Waals surface area contributed by atoms with Gasteiger partial charge in [-0.15, -0.1) is 0 Å². The topological polar surface area (TPSA) is 38.7 Å². The monoisotopic (exact) mass is 333 g/mol. The second-order valence-electron chi connectivity index (χ2n) is 5.74. The number of hydrogen-bond donors (Lipinski definition) is 0. The summed E-state index contributed by atoms with van der Waals surface area (Å²) in [5.41, 5.74) is 3.84. The van der Waals surface area contributed by atoms with E-state index in [1.54, 1.807) is 18.5 Å².